The fraction of sp³-hybridized carbons (Fsp3) is 0.818. The molecule has 0 bridgehead atoms. The van der Waals surface area contributed by atoms with Crippen molar-refractivity contribution in [1.82, 2.24) is 10.2 Å². The lowest BCUT2D eigenvalue weighted by atomic mass is 10.4. The summed E-state index contributed by atoms with van der Waals surface area (Å²) in [6, 6.07) is 0. The maximum Gasteiger partial charge on any atom is 0.0558 e. The lowest BCUT2D eigenvalue weighted by molar-refractivity contribution is 0.208. The zero-order valence-electron chi connectivity index (χ0n) is 8.91. The molecule has 3 nitrogen and oxygen atoms in total. The normalized spacial score (nSPS) is 16.1. The number of aliphatic hydroxyl groups excluding tert-OH is 1. The van der Waals surface area contributed by atoms with Crippen molar-refractivity contribution in [2.75, 3.05) is 39.3 Å². The molecular weight excluding hydrogens is 176 g/mol. The standard InChI is InChI=1S/C11H22N2O/c1-2-6-13(8-9-14)7-5-12-10-11-3-4-11/h2,11-12,14H,1,3-10H2. The molecular formula is C11H22N2O. The highest BCUT2D eigenvalue weighted by Crippen LogP contribution is 2.27. The first-order chi connectivity index (χ1) is 6.86. The third kappa shape index (κ3) is 5.37. The molecule has 0 saturated heterocycles. The maximum absolute atomic E-state index is 8.82. The number of hydrogen-bond acceptors (Lipinski definition) is 3. The van der Waals surface area contributed by atoms with E-state index >= 15 is 0 Å². The van der Waals surface area contributed by atoms with Crippen LogP contribution < -0.4 is 5.32 Å². The molecule has 0 aromatic carbocycles. The minimum atomic E-state index is 0.233. The van der Waals surface area contributed by atoms with Gasteiger partial charge in [0.05, 0.1) is 6.61 Å². The second kappa shape index (κ2) is 6.98. The van der Waals surface area contributed by atoms with Crippen LogP contribution in [0.3, 0.4) is 0 Å². The fourth-order valence-electron chi connectivity index (χ4n) is 1.48. The average molecular weight is 198 g/mol. The van der Waals surface area contributed by atoms with Gasteiger partial charge in [-0.1, -0.05) is 6.08 Å². The van der Waals surface area contributed by atoms with Gasteiger partial charge in [-0.15, -0.1) is 6.58 Å². The summed E-state index contributed by atoms with van der Waals surface area (Å²) in [6.45, 7) is 8.74. The molecule has 0 unspecified atom stereocenters. The predicted molar refractivity (Wildman–Crippen MR) is 59.3 cm³/mol. The molecule has 0 spiro atoms. The Labute approximate surface area is 86.8 Å². The summed E-state index contributed by atoms with van der Waals surface area (Å²) in [6.07, 6.45) is 4.69. The Morgan fingerprint density at radius 2 is 2.21 bits per heavy atom. The van der Waals surface area contributed by atoms with Crippen molar-refractivity contribution in [3.8, 4) is 0 Å². The van der Waals surface area contributed by atoms with Crippen LogP contribution in [-0.4, -0.2) is 49.3 Å². The van der Waals surface area contributed by atoms with Gasteiger partial charge in [-0.3, -0.25) is 4.90 Å². The van der Waals surface area contributed by atoms with Gasteiger partial charge in [-0.05, 0) is 25.3 Å². The Bertz CT molecular complexity index is 157. The van der Waals surface area contributed by atoms with Gasteiger partial charge in [-0.25, -0.2) is 0 Å². The minimum Gasteiger partial charge on any atom is -0.395 e. The van der Waals surface area contributed by atoms with Crippen LogP contribution in [0, 0.1) is 5.92 Å². The fourth-order valence-corrected chi connectivity index (χ4v) is 1.48. The van der Waals surface area contributed by atoms with E-state index < -0.39 is 0 Å². The molecule has 0 aliphatic heterocycles. The van der Waals surface area contributed by atoms with E-state index in [4.69, 9.17) is 5.11 Å². The van der Waals surface area contributed by atoms with Gasteiger partial charge in [0.1, 0.15) is 0 Å². The van der Waals surface area contributed by atoms with Crippen molar-refractivity contribution in [1.29, 1.82) is 0 Å². The molecule has 2 N–H and O–H groups in total. The Morgan fingerprint density at radius 1 is 1.43 bits per heavy atom. The monoisotopic (exact) mass is 198 g/mol. The van der Waals surface area contributed by atoms with Crippen molar-refractivity contribution in [3.05, 3.63) is 12.7 Å². The molecule has 1 fully saturated rings. The average Bonchev–Trinajstić information content (AvgIpc) is 2.96. The van der Waals surface area contributed by atoms with Crippen LogP contribution in [0.5, 0.6) is 0 Å². The van der Waals surface area contributed by atoms with Crippen molar-refractivity contribution >= 4 is 0 Å². The molecule has 0 heterocycles. The number of rotatable bonds is 9. The Kier molecular flexibility index (Phi) is 5.83. The molecule has 0 aromatic heterocycles. The van der Waals surface area contributed by atoms with Crippen LogP contribution in [0.15, 0.2) is 12.7 Å². The Hall–Kier alpha value is -0.380. The van der Waals surface area contributed by atoms with E-state index in [1.54, 1.807) is 0 Å². The van der Waals surface area contributed by atoms with Gasteiger partial charge < -0.3 is 10.4 Å². The number of nitrogens with one attached hydrogen (secondary N) is 1. The van der Waals surface area contributed by atoms with Crippen molar-refractivity contribution in [2.24, 2.45) is 5.92 Å². The van der Waals surface area contributed by atoms with Crippen LogP contribution >= 0.6 is 0 Å². The Morgan fingerprint density at radius 3 is 2.79 bits per heavy atom. The lowest BCUT2D eigenvalue weighted by Crippen LogP contribution is -2.34. The highest BCUT2D eigenvalue weighted by atomic mass is 16.3. The van der Waals surface area contributed by atoms with E-state index in [0.717, 1.165) is 32.1 Å². The molecule has 1 saturated carbocycles. The van der Waals surface area contributed by atoms with Crippen molar-refractivity contribution in [2.45, 2.75) is 12.8 Å². The van der Waals surface area contributed by atoms with E-state index in [9.17, 15) is 0 Å². The topological polar surface area (TPSA) is 35.5 Å². The molecule has 0 aromatic rings. The summed E-state index contributed by atoms with van der Waals surface area (Å²) in [7, 11) is 0. The molecule has 82 valence electrons. The molecule has 3 heteroatoms. The van der Waals surface area contributed by atoms with Crippen LogP contribution in [0.4, 0.5) is 0 Å². The summed E-state index contributed by atoms with van der Waals surface area (Å²) in [5, 5.41) is 12.3. The summed E-state index contributed by atoms with van der Waals surface area (Å²) in [5.74, 6) is 0.945. The molecule has 1 aliphatic rings. The largest absolute Gasteiger partial charge is 0.395 e. The van der Waals surface area contributed by atoms with Crippen molar-refractivity contribution in [3.63, 3.8) is 0 Å². The molecule has 0 amide bonds. The first-order valence-electron chi connectivity index (χ1n) is 5.51. The summed E-state index contributed by atoms with van der Waals surface area (Å²) >= 11 is 0. The third-order valence-corrected chi connectivity index (χ3v) is 2.54. The van der Waals surface area contributed by atoms with E-state index in [2.05, 4.69) is 16.8 Å². The van der Waals surface area contributed by atoms with E-state index in [1.807, 2.05) is 6.08 Å². The first-order valence-corrected chi connectivity index (χ1v) is 5.51. The highest BCUT2D eigenvalue weighted by Gasteiger charge is 2.19. The molecule has 14 heavy (non-hydrogen) atoms. The Balaban J connectivity index is 1.96. The first kappa shape index (κ1) is 11.7. The molecule has 0 radical (unpaired) electrons. The van der Waals surface area contributed by atoms with Gasteiger partial charge in [-0.2, -0.15) is 0 Å². The second-order valence-corrected chi connectivity index (χ2v) is 3.96. The zero-order valence-corrected chi connectivity index (χ0v) is 8.91. The quantitative estimate of drug-likeness (QED) is 0.417. The van der Waals surface area contributed by atoms with E-state index in [1.165, 1.54) is 19.4 Å². The van der Waals surface area contributed by atoms with Gasteiger partial charge in [0, 0.05) is 26.2 Å². The SMILES string of the molecule is C=CCN(CCO)CCNCC1CC1. The van der Waals surface area contributed by atoms with Crippen LogP contribution in [0.2, 0.25) is 0 Å². The van der Waals surface area contributed by atoms with Crippen LogP contribution in [-0.2, 0) is 0 Å². The van der Waals surface area contributed by atoms with Gasteiger partial charge >= 0.3 is 0 Å². The predicted octanol–water partition coefficient (Wildman–Crippen LogP) is 0.466. The summed E-state index contributed by atoms with van der Waals surface area (Å²) in [4.78, 5) is 2.20. The summed E-state index contributed by atoms with van der Waals surface area (Å²) in [5.41, 5.74) is 0. The summed E-state index contributed by atoms with van der Waals surface area (Å²) < 4.78 is 0. The molecule has 0 atom stereocenters. The molecule has 1 rings (SSSR count). The van der Waals surface area contributed by atoms with Crippen LogP contribution in [0.25, 0.3) is 0 Å². The van der Waals surface area contributed by atoms with Gasteiger partial charge in [0.25, 0.3) is 0 Å². The number of hydrogen-bond donors (Lipinski definition) is 2. The molecule has 1 aliphatic carbocycles. The van der Waals surface area contributed by atoms with Gasteiger partial charge in [0.15, 0.2) is 0 Å². The minimum absolute atomic E-state index is 0.233. The van der Waals surface area contributed by atoms with Crippen molar-refractivity contribution < 1.29 is 5.11 Å². The van der Waals surface area contributed by atoms with Gasteiger partial charge in [0.2, 0.25) is 0 Å². The number of nitrogens with zero attached hydrogens (tertiary/aromatic N) is 1. The second-order valence-electron chi connectivity index (χ2n) is 3.96. The smallest absolute Gasteiger partial charge is 0.0558 e. The maximum atomic E-state index is 8.82. The number of aliphatic hydroxyl groups is 1. The highest BCUT2D eigenvalue weighted by molar-refractivity contribution is 4.77. The van der Waals surface area contributed by atoms with E-state index in [0.29, 0.717) is 0 Å². The zero-order chi connectivity index (χ0) is 10.2. The third-order valence-electron chi connectivity index (χ3n) is 2.54. The van der Waals surface area contributed by atoms with Crippen LogP contribution in [0.1, 0.15) is 12.8 Å². The lowest BCUT2D eigenvalue weighted by Gasteiger charge is -2.19. The van der Waals surface area contributed by atoms with E-state index in [-0.39, 0.29) is 6.61 Å².